The minimum absolute atomic E-state index is 0.0947. The molecule has 2 aliphatic rings. The van der Waals surface area contributed by atoms with E-state index < -0.39 is 6.10 Å². The number of nitrogens with one attached hydrogen (secondary N) is 2. The van der Waals surface area contributed by atoms with Crippen LogP contribution < -0.4 is 20.3 Å². The summed E-state index contributed by atoms with van der Waals surface area (Å²) >= 11 is 0. The number of anilines is 2. The van der Waals surface area contributed by atoms with Gasteiger partial charge in [-0.05, 0) is 50.1 Å². The van der Waals surface area contributed by atoms with Crippen molar-refractivity contribution in [1.29, 1.82) is 0 Å². The molecule has 1 saturated heterocycles. The first-order chi connectivity index (χ1) is 14.9. The lowest BCUT2D eigenvalue weighted by molar-refractivity contribution is -0.122. The van der Waals surface area contributed by atoms with Crippen LogP contribution >= 0.6 is 0 Å². The van der Waals surface area contributed by atoms with Gasteiger partial charge >= 0.3 is 0 Å². The van der Waals surface area contributed by atoms with Gasteiger partial charge in [-0.15, -0.1) is 0 Å². The molecule has 8 heteroatoms. The number of fused-ring (bicyclic) bond motifs is 1. The minimum Gasteiger partial charge on any atom is -0.478 e. The molecule has 0 radical (unpaired) electrons. The van der Waals surface area contributed by atoms with Crippen molar-refractivity contribution in [3.8, 4) is 5.75 Å². The second-order valence-corrected chi connectivity index (χ2v) is 8.07. The molecule has 1 atom stereocenters. The molecule has 0 aliphatic carbocycles. The van der Waals surface area contributed by atoms with E-state index in [2.05, 4.69) is 31.5 Å². The molecule has 3 heterocycles. The Kier molecular flexibility index (Phi) is 6.08. The smallest absolute Gasteiger partial charge is 0.265 e. The van der Waals surface area contributed by atoms with Gasteiger partial charge in [0.05, 0.1) is 11.3 Å². The van der Waals surface area contributed by atoms with E-state index in [0.717, 1.165) is 61.1 Å². The number of hydrogen-bond acceptors (Lipinski definition) is 6. The zero-order chi connectivity index (χ0) is 22.0. The minimum atomic E-state index is -0.464. The van der Waals surface area contributed by atoms with Gasteiger partial charge < -0.3 is 20.3 Å². The molecule has 1 aromatic carbocycles. The lowest BCUT2D eigenvalue weighted by Gasteiger charge is -2.35. The average Bonchev–Trinajstić information content (AvgIpc) is 2.76. The van der Waals surface area contributed by atoms with Crippen molar-refractivity contribution in [2.75, 3.05) is 42.9 Å². The highest BCUT2D eigenvalue weighted by Crippen LogP contribution is 2.34. The van der Waals surface area contributed by atoms with Gasteiger partial charge in [0.15, 0.2) is 6.10 Å². The quantitative estimate of drug-likeness (QED) is 0.767. The first-order valence-electron chi connectivity index (χ1n) is 10.8. The average molecular weight is 424 g/mol. The molecule has 0 saturated carbocycles. The van der Waals surface area contributed by atoms with Gasteiger partial charge in [-0.1, -0.05) is 6.07 Å². The van der Waals surface area contributed by atoms with E-state index in [1.165, 1.54) is 0 Å². The zero-order valence-electron chi connectivity index (χ0n) is 18.3. The molecule has 8 nitrogen and oxygen atoms in total. The predicted octanol–water partition coefficient (Wildman–Crippen LogP) is 2.18. The number of piperazine rings is 1. The molecule has 0 bridgehead atoms. The maximum atomic E-state index is 12.0. The second-order valence-electron chi connectivity index (χ2n) is 8.07. The Morgan fingerprint density at radius 1 is 1.26 bits per heavy atom. The van der Waals surface area contributed by atoms with Crippen molar-refractivity contribution in [3.05, 3.63) is 47.2 Å². The Morgan fingerprint density at radius 3 is 2.71 bits per heavy atom. The van der Waals surface area contributed by atoms with Crippen LogP contribution in [0.3, 0.4) is 0 Å². The highest BCUT2D eigenvalue weighted by molar-refractivity contribution is 5.98. The molecule has 1 fully saturated rings. The van der Waals surface area contributed by atoms with Crippen LogP contribution in [-0.2, 0) is 11.3 Å². The summed E-state index contributed by atoms with van der Waals surface area (Å²) in [5.74, 6) is 1.46. The number of benzene rings is 1. The summed E-state index contributed by atoms with van der Waals surface area (Å²) in [5, 5.41) is 5.74. The number of ether oxygens (including phenoxy) is 1. The molecule has 0 spiro atoms. The van der Waals surface area contributed by atoms with Crippen molar-refractivity contribution < 1.29 is 14.3 Å². The number of nitrogens with zero attached hydrogens (tertiary/aromatic N) is 3. The van der Waals surface area contributed by atoms with Crippen molar-refractivity contribution in [3.63, 3.8) is 0 Å². The number of pyridine rings is 1. The third kappa shape index (κ3) is 4.64. The molecule has 1 unspecified atom stereocenters. The summed E-state index contributed by atoms with van der Waals surface area (Å²) in [7, 11) is 0. The summed E-state index contributed by atoms with van der Waals surface area (Å²) in [6.07, 6.45) is 1.17. The van der Waals surface area contributed by atoms with E-state index >= 15 is 0 Å². The van der Waals surface area contributed by atoms with E-state index in [4.69, 9.17) is 4.74 Å². The van der Waals surface area contributed by atoms with Crippen LogP contribution in [0.2, 0.25) is 0 Å². The number of aryl methyl sites for hydroxylation is 1. The van der Waals surface area contributed by atoms with Crippen LogP contribution in [0, 0.1) is 6.92 Å². The monoisotopic (exact) mass is 423 g/mol. The van der Waals surface area contributed by atoms with Crippen molar-refractivity contribution in [1.82, 2.24) is 15.2 Å². The topological polar surface area (TPSA) is 86.8 Å². The second kappa shape index (κ2) is 8.93. The highest BCUT2D eigenvalue weighted by atomic mass is 16.5. The van der Waals surface area contributed by atoms with Crippen molar-refractivity contribution in [2.45, 2.75) is 33.4 Å². The maximum Gasteiger partial charge on any atom is 0.265 e. The van der Waals surface area contributed by atoms with E-state index in [1.54, 1.807) is 13.1 Å². The van der Waals surface area contributed by atoms with Gasteiger partial charge in [-0.3, -0.25) is 14.5 Å². The largest absolute Gasteiger partial charge is 0.478 e. The van der Waals surface area contributed by atoms with Crippen molar-refractivity contribution in [2.24, 2.45) is 0 Å². The molecule has 2 aromatic rings. The Morgan fingerprint density at radius 2 is 2.03 bits per heavy atom. The third-order valence-electron chi connectivity index (χ3n) is 5.71. The summed E-state index contributed by atoms with van der Waals surface area (Å²) in [4.78, 5) is 33.0. The SMILES string of the molecule is CCNC(=O)c1ccc(N2CCN(Cc3cc(C)c4c(c3)NC(=O)C(C)O4)CC2)nc1. The Hall–Kier alpha value is -3.13. The Bertz CT molecular complexity index is 968. The summed E-state index contributed by atoms with van der Waals surface area (Å²) < 4.78 is 5.76. The molecule has 31 heavy (non-hydrogen) atoms. The molecular formula is C23H29N5O3. The van der Waals surface area contributed by atoms with Gasteiger partial charge in [0, 0.05) is 45.5 Å². The van der Waals surface area contributed by atoms with Gasteiger partial charge in [-0.2, -0.15) is 0 Å². The molecule has 4 rings (SSSR count). The molecule has 2 N–H and O–H groups in total. The first-order valence-corrected chi connectivity index (χ1v) is 10.8. The van der Waals surface area contributed by atoms with Crippen LogP contribution in [-0.4, -0.2) is 60.5 Å². The number of amides is 2. The fourth-order valence-electron chi connectivity index (χ4n) is 4.02. The van der Waals surface area contributed by atoms with E-state index in [-0.39, 0.29) is 11.8 Å². The van der Waals surface area contributed by atoms with Crippen LogP contribution in [0.5, 0.6) is 5.75 Å². The lowest BCUT2D eigenvalue weighted by Crippen LogP contribution is -2.46. The molecule has 2 aliphatic heterocycles. The number of hydrogen-bond donors (Lipinski definition) is 2. The summed E-state index contributed by atoms with van der Waals surface area (Å²) in [6.45, 7) is 10.7. The lowest BCUT2D eigenvalue weighted by atomic mass is 10.1. The van der Waals surface area contributed by atoms with Crippen LogP contribution in [0.4, 0.5) is 11.5 Å². The fourth-order valence-corrected chi connectivity index (χ4v) is 4.02. The summed E-state index contributed by atoms with van der Waals surface area (Å²) in [6, 6.07) is 7.89. The van der Waals surface area contributed by atoms with Gasteiger partial charge in [0.1, 0.15) is 11.6 Å². The molecule has 2 amide bonds. The van der Waals surface area contributed by atoms with Crippen LogP contribution in [0.15, 0.2) is 30.5 Å². The van der Waals surface area contributed by atoms with E-state index in [1.807, 2.05) is 32.0 Å². The van der Waals surface area contributed by atoms with E-state index in [0.29, 0.717) is 12.1 Å². The Labute approximate surface area is 182 Å². The molecular weight excluding hydrogens is 394 g/mol. The zero-order valence-corrected chi connectivity index (χ0v) is 18.3. The maximum absolute atomic E-state index is 12.0. The van der Waals surface area contributed by atoms with Gasteiger partial charge in [-0.25, -0.2) is 4.98 Å². The van der Waals surface area contributed by atoms with E-state index in [9.17, 15) is 9.59 Å². The van der Waals surface area contributed by atoms with Crippen molar-refractivity contribution >= 4 is 23.3 Å². The Balaban J connectivity index is 1.35. The molecule has 164 valence electrons. The fraction of sp³-hybridized carbons (Fsp3) is 0.435. The molecule has 1 aromatic heterocycles. The highest BCUT2D eigenvalue weighted by Gasteiger charge is 2.26. The number of aromatic nitrogens is 1. The third-order valence-corrected chi connectivity index (χ3v) is 5.71. The number of rotatable bonds is 5. The normalized spacial score (nSPS) is 18.7. The van der Waals surface area contributed by atoms with Crippen LogP contribution in [0.25, 0.3) is 0 Å². The van der Waals surface area contributed by atoms with Crippen LogP contribution in [0.1, 0.15) is 35.3 Å². The summed E-state index contributed by atoms with van der Waals surface area (Å²) in [5.41, 5.74) is 3.53. The predicted molar refractivity (Wildman–Crippen MR) is 120 cm³/mol. The standard InChI is InChI=1S/C23H29N5O3/c1-4-24-23(30)18-5-6-20(25-13-18)28-9-7-27(8-10-28)14-17-11-15(2)21-19(12-17)26-22(29)16(3)31-21/h5-6,11-13,16H,4,7-10,14H2,1-3H3,(H,24,30)(H,26,29). The first kappa shape index (κ1) is 21.1. The number of carbonyl (C=O) groups excluding carboxylic acids is 2. The number of carbonyl (C=O) groups is 2. The van der Waals surface area contributed by atoms with Gasteiger partial charge in [0.2, 0.25) is 0 Å². The van der Waals surface area contributed by atoms with Gasteiger partial charge in [0.25, 0.3) is 11.8 Å².